The zero-order chi connectivity index (χ0) is 26.8. The van der Waals surface area contributed by atoms with E-state index in [0.29, 0.717) is 17.8 Å². The van der Waals surface area contributed by atoms with Gasteiger partial charge in [-0.15, -0.1) is 11.3 Å². The maximum Gasteiger partial charge on any atom is 0.305 e. The molecule has 36 heavy (non-hydrogen) atoms. The Hall–Kier alpha value is -2.89. The first-order valence-corrected chi connectivity index (χ1v) is 12.6. The highest BCUT2D eigenvalue weighted by Gasteiger charge is 2.27. The van der Waals surface area contributed by atoms with Crippen LogP contribution >= 0.6 is 11.3 Å². The Labute approximate surface area is 214 Å². The van der Waals surface area contributed by atoms with Gasteiger partial charge in [0.15, 0.2) is 0 Å². The van der Waals surface area contributed by atoms with Crippen LogP contribution in [0.4, 0.5) is 4.39 Å². The highest BCUT2D eigenvalue weighted by molar-refractivity contribution is 7.09. The first-order chi connectivity index (χ1) is 17.0. The number of aliphatic hydroxyl groups excluding tert-OH is 1. The van der Waals surface area contributed by atoms with Gasteiger partial charge in [0.25, 0.3) is 5.91 Å². The molecule has 1 aromatic heterocycles. The molecule has 3 atom stereocenters. The monoisotopic (exact) mass is 522 g/mol. The fourth-order valence-corrected chi connectivity index (χ4v) is 4.66. The van der Waals surface area contributed by atoms with E-state index in [1.807, 2.05) is 13.8 Å². The lowest BCUT2D eigenvalue weighted by Gasteiger charge is -2.32. The second-order valence-electron chi connectivity index (χ2n) is 8.96. The van der Waals surface area contributed by atoms with E-state index < -0.39 is 24.0 Å². The smallest absolute Gasteiger partial charge is 0.305 e. The molecule has 0 saturated carbocycles. The molecule has 0 spiro atoms. The third-order valence-electron chi connectivity index (χ3n) is 5.99. The number of carbonyl (C=O) groups excluding carboxylic acids is 3. The van der Waals surface area contributed by atoms with Crippen LogP contribution in [-0.2, 0) is 20.7 Å². The SMILES string of the molecule is COC(=O)CCC(Cc1ccc(F)cc1)NC(=O)c1csc(C(O)CC(C(C)C)N(C)C(=O)CN)n1. The number of ether oxygens (including phenoxy) is 1. The van der Waals surface area contributed by atoms with Crippen LogP contribution in [0.3, 0.4) is 0 Å². The van der Waals surface area contributed by atoms with Gasteiger partial charge in [-0.25, -0.2) is 9.37 Å². The number of carbonyl (C=O) groups is 3. The lowest BCUT2D eigenvalue weighted by atomic mass is 9.96. The Morgan fingerprint density at radius 2 is 1.92 bits per heavy atom. The predicted octanol–water partition coefficient (Wildman–Crippen LogP) is 2.44. The number of likely N-dealkylation sites (N-methyl/N-ethyl adjacent to an activating group) is 1. The van der Waals surface area contributed by atoms with Gasteiger partial charge in [-0.05, 0) is 36.5 Å². The van der Waals surface area contributed by atoms with E-state index in [9.17, 15) is 23.9 Å². The summed E-state index contributed by atoms with van der Waals surface area (Å²) in [6.07, 6.45) is 0.106. The summed E-state index contributed by atoms with van der Waals surface area (Å²) < 4.78 is 18.0. The van der Waals surface area contributed by atoms with E-state index >= 15 is 0 Å². The summed E-state index contributed by atoms with van der Waals surface area (Å²) in [6.45, 7) is 3.79. The molecular weight excluding hydrogens is 487 g/mol. The quantitative estimate of drug-likeness (QED) is 0.344. The molecule has 3 unspecified atom stereocenters. The van der Waals surface area contributed by atoms with Gasteiger partial charge >= 0.3 is 5.97 Å². The van der Waals surface area contributed by atoms with Crippen LogP contribution in [0.25, 0.3) is 0 Å². The average molecular weight is 523 g/mol. The topological polar surface area (TPSA) is 135 Å². The van der Waals surface area contributed by atoms with Crippen LogP contribution in [0.2, 0.25) is 0 Å². The van der Waals surface area contributed by atoms with Gasteiger partial charge in [-0.1, -0.05) is 26.0 Å². The van der Waals surface area contributed by atoms with E-state index in [1.165, 1.54) is 24.1 Å². The van der Waals surface area contributed by atoms with Gasteiger partial charge < -0.3 is 25.8 Å². The second-order valence-corrected chi connectivity index (χ2v) is 9.85. The summed E-state index contributed by atoms with van der Waals surface area (Å²) >= 11 is 1.15. The van der Waals surface area contributed by atoms with Crippen molar-refractivity contribution >= 4 is 29.1 Å². The fourth-order valence-electron chi connectivity index (χ4n) is 3.86. The first kappa shape index (κ1) is 29.3. The Morgan fingerprint density at radius 3 is 2.50 bits per heavy atom. The number of methoxy groups -OCH3 is 1. The summed E-state index contributed by atoms with van der Waals surface area (Å²) in [5, 5.41) is 15.6. The molecule has 1 heterocycles. The van der Waals surface area contributed by atoms with Crippen LogP contribution in [0.5, 0.6) is 0 Å². The molecule has 2 rings (SSSR count). The third-order valence-corrected chi connectivity index (χ3v) is 6.94. The number of aliphatic hydroxyl groups is 1. The zero-order valence-corrected chi connectivity index (χ0v) is 21.9. The highest BCUT2D eigenvalue weighted by atomic mass is 32.1. The van der Waals surface area contributed by atoms with E-state index in [0.717, 1.165) is 16.9 Å². The number of nitrogens with one attached hydrogen (secondary N) is 1. The molecule has 0 radical (unpaired) electrons. The average Bonchev–Trinajstić information content (AvgIpc) is 3.36. The molecule has 0 aliphatic heterocycles. The van der Waals surface area contributed by atoms with Gasteiger partial charge in [-0.2, -0.15) is 0 Å². The molecule has 4 N–H and O–H groups in total. The predicted molar refractivity (Wildman–Crippen MR) is 135 cm³/mol. The summed E-state index contributed by atoms with van der Waals surface area (Å²) in [4.78, 5) is 42.5. The largest absolute Gasteiger partial charge is 0.469 e. The lowest BCUT2D eigenvalue weighted by Crippen LogP contribution is -2.44. The normalized spacial score (nSPS) is 13.7. The number of hydrogen-bond acceptors (Lipinski definition) is 8. The molecule has 2 amide bonds. The van der Waals surface area contributed by atoms with Gasteiger partial charge in [0, 0.05) is 37.4 Å². The van der Waals surface area contributed by atoms with Gasteiger partial charge in [0.1, 0.15) is 22.6 Å². The van der Waals surface area contributed by atoms with Gasteiger partial charge in [0.05, 0.1) is 13.7 Å². The maximum absolute atomic E-state index is 13.3. The van der Waals surface area contributed by atoms with Crippen molar-refractivity contribution in [3.63, 3.8) is 0 Å². The Morgan fingerprint density at radius 1 is 1.25 bits per heavy atom. The highest BCUT2D eigenvalue weighted by Crippen LogP contribution is 2.27. The molecule has 0 fully saturated rings. The lowest BCUT2D eigenvalue weighted by molar-refractivity contribution is -0.140. The number of amides is 2. The van der Waals surface area contributed by atoms with Crippen molar-refractivity contribution < 1.29 is 28.6 Å². The molecule has 0 aliphatic rings. The van der Waals surface area contributed by atoms with Crippen LogP contribution in [0.15, 0.2) is 29.6 Å². The number of benzene rings is 1. The van der Waals surface area contributed by atoms with Gasteiger partial charge in [0.2, 0.25) is 5.91 Å². The van der Waals surface area contributed by atoms with E-state index in [1.54, 1.807) is 24.6 Å². The number of thiazole rings is 1. The van der Waals surface area contributed by atoms with E-state index in [2.05, 4.69) is 10.3 Å². The molecule has 198 valence electrons. The number of nitrogens with two attached hydrogens (primary N) is 1. The molecular formula is C25H35FN4O5S. The standard InChI is InChI=1S/C25H35FN4O5S/c1-15(2)20(30(3)22(32)13-27)12-21(31)25-29-19(14-36-25)24(34)28-18(9-10-23(33)35-4)11-16-5-7-17(26)8-6-16/h5-8,14-15,18,20-21,31H,9-13,27H2,1-4H3,(H,28,34). The fraction of sp³-hybridized carbons (Fsp3) is 0.520. The minimum Gasteiger partial charge on any atom is -0.469 e. The number of nitrogens with zero attached hydrogens (tertiary/aromatic N) is 2. The maximum atomic E-state index is 13.3. The minimum absolute atomic E-state index is 0.0740. The molecule has 0 bridgehead atoms. The van der Waals surface area contributed by atoms with E-state index in [4.69, 9.17) is 10.5 Å². The molecule has 2 aromatic rings. The Bertz CT molecular complexity index is 1010. The first-order valence-electron chi connectivity index (χ1n) is 11.8. The van der Waals surface area contributed by atoms with Gasteiger partial charge in [-0.3, -0.25) is 14.4 Å². The molecule has 0 saturated heterocycles. The van der Waals surface area contributed by atoms with Crippen LogP contribution in [-0.4, -0.2) is 65.6 Å². The minimum atomic E-state index is -0.966. The summed E-state index contributed by atoms with van der Waals surface area (Å²) in [7, 11) is 2.95. The van der Waals surface area contributed by atoms with Crippen LogP contribution in [0, 0.1) is 11.7 Å². The number of hydrogen-bond donors (Lipinski definition) is 3. The number of rotatable bonds is 13. The number of aromatic nitrogens is 1. The summed E-state index contributed by atoms with van der Waals surface area (Å²) in [5.41, 5.74) is 6.42. The van der Waals surface area contributed by atoms with Crippen molar-refractivity contribution in [1.82, 2.24) is 15.2 Å². The van der Waals surface area contributed by atoms with Crippen molar-refractivity contribution in [3.8, 4) is 0 Å². The van der Waals surface area contributed by atoms with Crippen molar-refractivity contribution in [2.24, 2.45) is 11.7 Å². The zero-order valence-electron chi connectivity index (χ0n) is 21.1. The van der Waals surface area contributed by atoms with Crippen molar-refractivity contribution in [2.75, 3.05) is 20.7 Å². The number of halogens is 1. The number of esters is 1. The summed E-state index contributed by atoms with van der Waals surface area (Å²) in [6, 6.07) is 5.26. The van der Waals surface area contributed by atoms with Crippen molar-refractivity contribution in [3.05, 3.63) is 51.7 Å². The summed E-state index contributed by atoms with van der Waals surface area (Å²) in [5.74, 6) is -1.35. The second kappa shape index (κ2) is 14.0. The molecule has 11 heteroatoms. The van der Waals surface area contributed by atoms with E-state index in [-0.39, 0.29) is 48.8 Å². The molecule has 0 aliphatic carbocycles. The van der Waals surface area contributed by atoms with Crippen molar-refractivity contribution in [1.29, 1.82) is 0 Å². The van der Waals surface area contributed by atoms with Crippen LogP contribution < -0.4 is 11.1 Å². The molecule has 1 aromatic carbocycles. The Kier molecular flexibility index (Phi) is 11.4. The molecule has 9 nitrogen and oxygen atoms in total. The van der Waals surface area contributed by atoms with Crippen LogP contribution in [0.1, 0.15) is 60.3 Å². The van der Waals surface area contributed by atoms with Crippen molar-refractivity contribution in [2.45, 2.75) is 57.7 Å². The third kappa shape index (κ3) is 8.65. The Balaban J connectivity index is 2.09.